The number of hydrogen-bond acceptors (Lipinski definition) is 4. The van der Waals surface area contributed by atoms with Crippen LogP contribution >= 0.6 is 11.8 Å². The highest BCUT2D eigenvalue weighted by Crippen LogP contribution is 2.32. The Hall–Kier alpha value is -3.38. The molecule has 1 aliphatic rings. The standard InChI is InChI=1S/C25H20FNO3S/c26-22-9-5-4-8-20(22)17-30-21-12-10-19(11-13-21)16-23-24(28)27(25(29)31-23)15-14-18-6-2-1-3-7-18/h1-13,16H,14-15,17H2/b23-16-. The van der Waals surface area contributed by atoms with Crippen LogP contribution in [0.4, 0.5) is 9.18 Å². The number of thioether (sulfide) groups is 1. The summed E-state index contributed by atoms with van der Waals surface area (Å²) in [5, 5.41) is -0.253. The normalized spacial score (nSPS) is 15.0. The van der Waals surface area contributed by atoms with E-state index in [2.05, 4.69) is 0 Å². The van der Waals surface area contributed by atoms with Crippen LogP contribution in [-0.2, 0) is 17.8 Å². The first-order chi connectivity index (χ1) is 15.1. The lowest BCUT2D eigenvalue weighted by molar-refractivity contribution is -0.122. The van der Waals surface area contributed by atoms with Crippen LogP contribution in [0.25, 0.3) is 6.08 Å². The van der Waals surface area contributed by atoms with Gasteiger partial charge in [0, 0.05) is 12.1 Å². The van der Waals surface area contributed by atoms with Gasteiger partial charge in [-0.2, -0.15) is 0 Å². The van der Waals surface area contributed by atoms with Gasteiger partial charge in [-0.05, 0) is 53.6 Å². The second-order valence-corrected chi connectivity index (χ2v) is 8.01. The molecule has 31 heavy (non-hydrogen) atoms. The Bertz CT molecular complexity index is 1110. The van der Waals surface area contributed by atoms with Crippen molar-refractivity contribution >= 4 is 29.0 Å². The van der Waals surface area contributed by atoms with Crippen molar-refractivity contribution in [3.8, 4) is 5.75 Å². The van der Waals surface area contributed by atoms with E-state index in [-0.39, 0.29) is 23.6 Å². The number of amides is 2. The molecule has 1 saturated heterocycles. The molecule has 0 aromatic heterocycles. The number of imide groups is 1. The van der Waals surface area contributed by atoms with E-state index in [9.17, 15) is 14.0 Å². The topological polar surface area (TPSA) is 46.6 Å². The molecule has 4 rings (SSSR count). The Kier molecular flexibility index (Phi) is 6.48. The highest BCUT2D eigenvalue weighted by Gasteiger charge is 2.34. The van der Waals surface area contributed by atoms with E-state index in [1.54, 1.807) is 48.5 Å². The molecule has 0 unspecified atom stereocenters. The molecule has 1 heterocycles. The van der Waals surface area contributed by atoms with E-state index >= 15 is 0 Å². The number of carbonyl (C=O) groups excluding carboxylic acids is 2. The maximum absolute atomic E-state index is 13.7. The number of hydrogen-bond donors (Lipinski definition) is 0. The maximum Gasteiger partial charge on any atom is 0.293 e. The molecule has 4 nitrogen and oxygen atoms in total. The molecule has 2 amide bonds. The quantitative estimate of drug-likeness (QED) is 0.450. The van der Waals surface area contributed by atoms with Crippen molar-refractivity contribution in [2.24, 2.45) is 0 Å². The van der Waals surface area contributed by atoms with Gasteiger partial charge in [0.2, 0.25) is 0 Å². The van der Waals surface area contributed by atoms with Crippen molar-refractivity contribution in [3.63, 3.8) is 0 Å². The van der Waals surface area contributed by atoms with Gasteiger partial charge < -0.3 is 4.74 Å². The largest absolute Gasteiger partial charge is 0.489 e. The molecule has 3 aromatic carbocycles. The van der Waals surface area contributed by atoms with Crippen molar-refractivity contribution in [2.75, 3.05) is 6.54 Å². The summed E-state index contributed by atoms with van der Waals surface area (Å²) in [5.74, 6) is 0.0179. The van der Waals surface area contributed by atoms with Crippen molar-refractivity contribution in [1.82, 2.24) is 4.90 Å². The van der Waals surface area contributed by atoms with Gasteiger partial charge in [-0.1, -0.05) is 60.7 Å². The third-order valence-electron chi connectivity index (χ3n) is 4.87. The van der Waals surface area contributed by atoms with Gasteiger partial charge in [0.05, 0.1) is 4.91 Å². The van der Waals surface area contributed by atoms with Crippen molar-refractivity contribution in [1.29, 1.82) is 0 Å². The summed E-state index contributed by atoms with van der Waals surface area (Å²) in [4.78, 5) is 26.6. The molecule has 0 atom stereocenters. The monoisotopic (exact) mass is 433 g/mol. The summed E-state index contributed by atoms with van der Waals surface area (Å²) >= 11 is 0.951. The second-order valence-electron chi connectivity index (χ2n) is 7.02. The highest BCUT2D eigenvalue weighted by molar-refractivity contribution is 8.18. The molecule has 0 N–H and O–H groups in total. The lowest BCUT2D eigenvalue weighted by Crippen LogP contribution is -2.30. The highest BCUT2D eigenvalue weighted by atomic mass is 32.2. The molecule has 0 saturated carbocycles. The predicted octanol–water partition coefficient (Wildman–Crippen LogP) is 5.68. The fourth-order valence-electron chi connectivity index (χ4n) is 3.17. The first-order valence-electron chi connectivity index (χ1n) is 9.86. The number of ether oxygens (including phenoxy) is 1. The number of rotatable bonds is 7. The Balaban J connectivity index is 1.37. The summed E-state index contributed by atoms with van der Waals surface area (Å²) in [5.41, 5.74) is 2.35. The Morgan fingerprint density at radius 1 is 0.903 bits per heavy atom. The third-order valence-corrected chi connectivity index (χ3v) is 5.78. The van der Waals surface area contributed by atoms with E-state index in [1.165, 1.54) is 11.0 Å². The van der Waals surface area contributed by atoms with Gasteiger partial charge >= 0.3 is 0 Å². The number of halogens is 1. The molecule has 3 aromatic rings. The average Bonchev–Trinajstić information content (AvgIpc) is 3.05. The molecule has 0 bridgehead atoms. The molecule has 156 valence electrons. The van der Waals surface area contributed by atoms with Gasteiger partial charge in [-0.15, -0.1) is 0 Å². The zero-order valence-electron chi connectivity index (χ0n) is 16.7. The lowest BCUT2D eigenvalue weighted by atomic mass is 10.1. The van der Waals surface area contributed by atoms with Crippen molar-refractivity contribution < 1.29 is 18.7 Å². The molecule has 0 spiro atoms. The SMILES string of the molecule is O=C1S/C(=C\c2ccc(OCc3ccccc3F)cc2)C(=O)N1CCc1ccccc1. The molecule has 1 fully saturated rings. The van der Waals surface area contributed by atoms with Crippen molar-refractivity contribution in [2.45, 2.75) is 13.0 Å². The number of nitrogens with zero attached hydrogens (tertiary/aromatic N) is 1. The third kappa shape index (κ3) is 5.22. The summed E-state index contributed by atoms with van der Waals surface area (Å²) in [7, 11) is 0. The Morgan fingerprint density at radius 2 is 1.61 bits per heavy atom. The summed E-state index contributed by atoms with van der Waals surface area (Å²) in [6.07, 6.45) is 2.33. The van der Waals surface area contributed by atoms with Crippen LogP contribution in [0.15, 0.2) is 83.8 Å². The minimum atomic E-state index is -0.304. The van der Waals surface area contributed by atoms with Gasteiger partial charge in [0.1, 0.15) is 18.2 Å². The molecular formula is C25H20FNO3S. The van der Waals surface area contributed by atoms with E-state index < -0.39 is 0 Å². The van der Waals surface area contributed by atoms with E-state index in [4.69, 9.17) is 4.74 Å². The van der Waals surface area contributed by atoms with Crippen LogP contribution in [-0.4, -0.2) is 22.6 Å². The summed E-state index contributed by atoms with van der Waals surface area (Å²) < 4.78 is 19.3. The minimum absolute atomic E-state index is 0.131. The molecule has 1 aliphatic heterocycles. The zero-order valence-corrected chi connectivity index (χ0v) is 17.5. The van der Waals surface area contributed by atoms with Gasteiger partial charge in [-0.3, -0.25) is 14.5 Å². The minimum Gasteiger partial charge on any atom is -0.489 e. The first-order valence-corrected chi connectivity index (χ1v) is 10.7. The fraction of sp³-hybridized carbons (Fsp3) is 0.120. The second kappa shape index (κ2) is 9.62. The van der Waals surface area contributed by atoms with Crippen molar-refractivity contribution in [3.05, 3.63) is 106 Å². The van der Waals surface area contributed by atoms with Crippen LogP contribution in [0.5, 0.6) is 5.75 Å². The fourth-order valence-corrected chi connectivity index (χ4v) is 4.03. The molecule has 0 aliphatic carbocycles. The summed E-state index contributed by atoms with van der Waals surface area (Å²) in [6.45, 7) is 0.487. The zero-order chi connectivity index (χ0) is 21.6. The maximum atomic E-state index is 13.7. The molecular weight excluding hydrogens is 413 g/mol. The van der Waals surface area contributed by atoms with Crippen LogP contribution in [0.3, 0.4) is 0 Å². The number of carbonyl (C=O) groups is 2. The van der Waals surface area contributed by atoms with E-state index in [0.717, 1.165) is 22.9 Å². The van der Waals surface area contributed by atoms with Gasteiger partial charge in [0.15, 0.2) is 0 Å². The van der Waals surface area contributed by atoms with Crippen LogP contribution in [0, 0.1) is 5.82 Å². The molecule has 6 heteroatoms. The summed E-state index contributed by atoms with van der Waals surface area (Å²) in [6, 6.07) is 23.3. The smallest absolute Gasteiger partial charge is 0.293 e. The van der Waals surface area contributed by atoms with Gasteiger partial charge in [0.25, 0.3) is 11.1 Å². The van der Waals surface area contributed by atoms with Crippen LogP contribution < -0.4 is 4.74 Å². The lowest BCUT2D eigenvalue weighted by Gasteiger charge is -2.12. The Morgan fingerprint density at radius 3 is 2.35 bits per heavy atom. The van der Waals surface area contributed by atoms with E-state index in [1.807, 2.05) is 30.3 Å². The average molecular weight is 434 g/mol. The van der Waals surface area contributed by atoms with Gasteiger partial charge in [-0.25, -0.2) is 4.39 Å². The first kappa shape index (κ1) is 20.9. The Labute approximate surface area is 184 Å². The van der Waals surface area contributed by atoms with Crippen LogP contribution in [0.1, 0.15) is 16.7 Å². The van der Waals surface area contributed by atoms with E-state index in [0.29, 0.717) is 29.2 Å². The predicted molar refractivity (Wildman–Crippen MR) is 120 cm³/mol. The number of benzene rings is 3. The van der Waals surface area contributed by atoms with Crippen LogP contribution in [0.2, 0.25) is 0 Å². The molecule has 0 radical (unpaired) electrons.